The molecule has 1 saturated carbocycles. The number of imidazole rings is 1. The molecular formula is C26H29F8N5O2S. The summed E-state index contributed by atoms with van der Waals surface area (Å²) in [5.74, 6) is -3.19. The first-order chi connectivity index (χ1) is 19.6. The van der Waals surface area contributed by atoms with E-state index in [-0.39, 0.29) is 43.1 Å². The number of H-pyrrole nitrogens is 1. The number of alkyl halides is 8. The van der Waals surface area contributed by atoms with Crippen molar-refractivity contribution >= 4 is 34.2 Å². The van der Waals surface area contributed by atoms with Gasteiger partial charge in [-0.3, -0.25) is 9.59 Å². The molecule has 0 radical (unpaired) electrons. The molecule has 0 bridgehead atoms. The number of fused-ring (bicyclic) bond motifs is 1. The molecule has 0 unspecified atom stereocenters. The lowest BCUT2D eigenvalue weighted by Crippen LogP contribution is -2.24. The Morgan fingerprint density at radius 2 is 1.62 bits per heavy atom. The Balaban J connectivity index is 0.000000521. The molecule has 2 aromatic heterocycles. The molecule has 0 saturated heterocycles. The molecule has 2 amide bonds. The Morgan fingerprint density at radius 1 is 0.929 bits per heavy atom. The lowest BCUT2D eigenvalue weighted by Gasteiger charge is -2.20. The van der Waals surface area contributed by atoms with Crippen LogP contribution in [0.25, 0.3) is 11.0 Å². The van der Waals surface area contributed by atoms with Crippen molar-refractivity contribution < 1.29 is 44.7 Å². The summed E-state index contributed by atoms with van der Waals surface area (Å²) in [5, 5.41) is 6.60. The van der Waals surface area contributed by atoms with Crippen LogP contribution in [-0.2, 0) is 24.3 Å². The molecule has 232 valence electrons. The summed E-state index contributed by atoms with van der Waals surface area (Å²) in [6.07, 6.45) is -9.18. The Morgan fingerprint density at radius 3 is 2.24 bits per heavy atom. The number of carbonyl (C=O) groups is 2. The summed E-state index contributed by atoms with van der Waals surface area (Å²) in [6.45, 7) is 0.0463. The number of nitrogens with zero attached hydrogens (tertiary/aromatic N) is 2. The minimum atomic E-state index is -4.40. The minimum absolute atomic E-state index is 0.00638. The number of hydrogen-bond acceptors (Lipinski definition) is 5. The quantitative estimate of drug-likeness (QED) is 0.223. The van der Waals surface area contributed by atoms with Crippen molar-refractivity contribution in [2.45, 2.75) is 89.2 Å². The number of hydrogen-bond donors (Lipinski definition) is 3. The zero-order chi connectivity index (χ0) is 31.0. The van der Waals surface area contributed by atoms with Crippen molar-refractivity contribution in [3.05, 3.63) is 45.7 Å². The van der Waals surface area contributed by atoms with Crippen LogP contribution in [0.4, 0.5) is 35.1 Å². The average molecular weight is 628 g/mol. The molecule has 3 aromatic rings. The van der Waals surface area contributed by atoms with Gasteiger partial charge in [0.25, 0.3) is 5.91 Å². The SMILES string of the molecule is FC1(F)CCCCC1.O=C(CCC(F)(F)F)NCc1ccc2nc(CNC(=O)c3csc(CCC(F)(F)F)n3)[nH]c2c1. The van der Waals surface area contributed by atoms with Gasteiger partial charge in [-0.05, 0) is 30.5 Å². The Bertz CT molecular complexity index is 1330. The topological polar surface area (TPSA) is 99.8 Å². The Hall–Kier alpha value is -3.30. The third kappa shape index (κ3) is 11.9. The van der Waals surface area contributed by atoms with Crippen molar-refractivity contribution in [3.63, 3.8) is 0 Å². The van der Waals surface area contributed by atoms with Gasteiger partial charge < -0.3 is 15.6 Å². The van der Waals surface area contributed by atoms with E-state index in [2.05, 4.69) is 25.6 Å². The van der Waals surface area contributed by atoms with Crippen LogP contribution >= 0.6 is 11.3 Å². The predicted molar refractivity (Wildman–Crippen MR) is 139 cm³/mol. The van der Waals surface area contributed by atoms with Crippen LogP contribution in [0, 0.1) is 0 Å². The zero-order valence-electron chi connectivity index (χ0n) is 22.2. The maximum atomic E-state index is 12.3. The van der Waals surface area contributed by atoms with Gasteiger partial charge in [0.1, 0.15) is 11.5 Å². The van der Waals surface area contributed by atoms with Crippen LogP contribution in [0.1, 0.15) is 78.3 Å². The number of aromatic nitrogens is 3. The summed E-state index contributed by atoms with van der Waals surface area (Å²) in [6, 6.07) is 4.99. The molecule has 0 atom stereocenters. The third-order valence-corrected chi connectivity index (χ3v) is 7.04. The van der Waals surface area contributed by atoms with E-state index in [1.807, 2.05) is 0 Å². The number of aryl methyl sites for hydroxylation is 1. The van der Waals surface area contributed by atoms with Crippen LogP contribution in [0.15, 0.2) is 23.6 Å². The fourth-order valence-electron chi connectivity index (χ4n) is 3.95. The second-order valence-corrected chi connectivity index (χ2v) is 10.7. The fraction of sp³-hybridized carbons (Fsp3) is 0.538. The van der Waals surface area contributed by atoms with Gasteiger partial charge in [-0.15, -0.1) is 11.3 Å². The first-order valence-electron chi connectivity index (χ1n) is 13.1. The Kier molecular flexibility index (Phi) is 11.3. The molecule has 42 heavy (non-hydrogen) atoms. The maximum Gasteiger partial charge on any atom is 0.389 e. The number of aromatic amines is 1. The van der Waals surface area contributed by atoms with Crippen molar-refractivity contribution in [1.29, 1.82) is 0 Å². The second-order valence-electron chi connectivity index (χ2n) is 9.77. The highest BCUT2D eigenvalue weighted by Gasteiger charge is 2.30. The highest BCUT2D eigenvalue weighted by atomic mass is 32.1. The van der Waals surface area contributed by atoms with E-state index in [9.17, 15) is 44.7 Å². The first-order valence-corrected chi connectivity index (χ1v) is 13.9. The predicted octanol–water partition coefficient (Wildman–Crippen LogP) is 6.99. The second kappa shape index (κ2) is 14.2. The van der Waals surface area contributed by atoms with E-state index < -0.39 is 49.4 Å². The number of amides is 2. The summed E-state index contributed by atoms with van der Waals surface area (Å²) in [5.41, 5.74) is 1.82. The van der Waals surface area contributed by atoms with E-state index in [4.69, 9.17) is 0 Å². The van der Waals surface area contributed by atoms with E-state index in [0.29, 0.717) is 35.3 Å². The largest absolute Gasteiger partial charge is 0.389 e. The molecule has 4 rings (SSSR count). The lowest BCUT2D eigenvalue weighted by atomic mass is 9.97. The average Bonchev–Trinajstić information content (AvgIpc) is 3.54. The van der Waals surface area contributed by atoms with Gasteiger partial charge in [0.2, 0.25) is 11.8 Å². The fourth-order valence-corrected chi connectivity index (χ4v) is 4.73. The van der Waals surface area contributed by atoms with E-state index in [1.165, 1.54) is 5.38 Å². The third-order valence-electron chi connectivity index (χ3n) is 6.13. The normalized spacial score (nSPS) is 15.1. The van der Waals surface area contributed by atoms with Crippen molar-refractivity contribution in [2.75, 3.05) is 0 Å². The summed E-state index contributed by atoms with van der Waals surface area (Å²) < 4.78 is 97.9. The van der Waals surface area contributed by atoms with Gasteiger partial charge in [-0.2, -0.15) is 26.3 Å². The number of halogens is 8. The van der Waals surface area contributed by atoms with Gasteiger partial charge in [-0.25, -0.2) is 18.7 Å². The van der Waals surface area contributed by atoms with Crippen molar-refractivity contribution in [3.8, 4) is 0 Å². The molecule has 1 aromatic carbocycles. The van der Waals surface area contributed by atoms with Crippen LogP contribution in [-0.4, -0.2) is 45.0 Å². The van der Waals surface area contributed by atoms with Crippen LogP contribution in [0.2, 0.25) is 0 Å². The van der Waals surface area contributed by atoms with Gasteiger partial charge in [-0.1, -0.05) is 12.5 Å². The van der Waals surface area contributed by atoms with Gasteiger partial charge in [0.15, 0.2) is 0 Å². The summed E-state index contributed by atoms with van der Waals surface area (Å²) >= 11 is 0.975. The zero-order valence-corrected chi connectivity index (χ0v) is 23.0. The van der Waals surface area contributed by atoms with Gasteiger partial charge in [0.05, 0.1) is 29.0 Å². The van der Waals surface area contributed by atoms with Crippen LogP contribution in [0.5, 0.6) is 0 Å². The van der Waals surface area contributed by atoms with Crippen molar-refractivity contribution in [2.24, 2.45) is 0 Å². The molecule has 1 fully saturated rings. The molecule has 1 aliphatic carbocycles. The monoisotopic (exact) mass is 627 g/mol. The summed E-state index contributed by atoms with van der Waals surface area (Å²) in [4.78, 5) is 35.0. The first kappa shape index (κ1) is 33.2. The van der Waals surface area contributed by atoms with Crippen molar-refractivity contribution in [1.82, 2.24) is 25.6 Å². The van der Waals surface area contributed by atoms with Gasteiger partial charge >= 0.3 is 12.4 Å². The minimum Gasteiger partial charge on any atom is -0.352 e. The van der Waals surface area contributed by atoms with Crippen LogP contribution in [0.3, 0.4) is 0 Å². The van der Waals surface area contributed by atoms with Crippen LogP contribution < -0.4 is 10.6 Å². The molecule has 0 aliphatic heterocycles. The number of benzene rings is 1. The van der Waals surface area contributed by atoms with Gasteiger partial charge in [0, 0.05) is 44.0 Å². The number of carbonyl (C=O) groups excluding carboxylic acids is 2. The van der Waals surface area contributed by atoms with E-state index in [0.717, 1.165) is 17.8 Å². The number of thiazole rings is 1. The smallest absolute Gasteiger partial charge is 0.352 e. The number of rotatable bonds is 9. The van der Waals surface area contributed by atoms with E-state index in [1.54, 1.807) is 18.2 Å². The standard InChI is InChI=1S/C20H19F6N5O2S.C6H10F2/c21-19(22,23)5-3-16(32)27-8-11-1-2-12-13(7-11)30-15(29-12)9-28-18(33)14-10-34-17(31-14)4-6-20(24,25)26;7-6(8)4-2-1-3-5-6/h1-2,7,10H,3-6,8-9H2,(H,27,32)(H,28,33)(H,29,30);1-5H2. The lowest BCUT2D eigenvalue weighted by molar-refractivity contribution is -0.144. The molecule has 2 heterocycles. The molecule has 16 heteroatoms. The molecule has 1 aliphatic rings. The highest BCUT2D eigenvalue weighted by molar-refractivity contribution is 7.09. The molecular weight excluding hydrogens is 598 g/mol. The molecule has 7 nitrogen and oxygen atoms in total. The maximum absolute atomic E-state index is 12.3. The molecule has 0 spiro atoms. The molecule has 3 N–H and O–H groups in total. The van der Waals surface area contributed by atoms with E-state index >= 15 is 0 Å². The highest BCUT2D eigenvalue weighted by Crippen LogP contribution is 2.32. The Labute approximate surface area is 239 Å². The number of nitrogens with one attached hydrogen (secondary N) is 3. The summed E-state index contributed by atoms with van der Waals surface area (Å²) in [7, 11) is 0.